The van der Waals surface area contributed by atoms with Crippen LogP contribution in [0.3, 0.4) is 0 Å². The van der Waals surface area contributed by atoms with E-state index >= 15 is 0 Å². The van der Waals surface area contributed by atoms with Crippen LogP contribution in [0.4, 0.5) is 26.3 Å². The predicted octanol–water partition coefficient (Wildman–Crippen LogP) is 4.67. The Morgan fingerprint density at radius 3 is 1.94 bits per heavy atom. The molecule has 0 N–H and O–H groups in total. The molecule has 0 atom stereocenters. The van der Waals surface area contributed by atoms with E-state index in [0.29, 0.717) is 12.1 Å². The van der Waals surface area contributed by atoms with Gasteiger partial charge in [0.05, 0.1) is 10.0 Å². The van der Waals surface area contributed by atoms with E-state index in [2.05, 4.69) is 4.74 Å². The lowest BCUT2D eigenvalue weighted by Gasteiger charge is -2.20. The first-order chi connectivity index (χ1) is 7.54. The fraction of sp³-hybridized carbons (Fsp3) is 0.250. The van der Waals surface area contributed by atoms with Crippen molar-refractivity contribution >= 4 is 23.2 Å². The quantitative estimate of drug-likeness (QED) is 0.570. The van der Waals surface area contributed by atoms with Crippen molar-refractivity contribution in [2.45, 2.75) is 12.3 Å². The highest BCUT2D eigenvalue weighted by molar-refractivity contribution is 6.34. The zero-order chi connectivity index (χ0) is 13.4. The highest BCUT2D eigenvalue weighted by Gasteiger charge is 2.61. The van der Waals surface area contributed by atoms with Crippen molar-refractivity contribution in [2.24, 2.45) is 0 Å². The second-order valence-corrected chi connectivity index (χ2v) is 3.63. The molecule has 9 heteroatoms. The smallest absolute Gasteiger partial charge is 0.424 e. The maximum atomic E-state index is 12.7. The number of hydrogen-bond acceptors (Lipinski definition) is 1. The van der Waals surface area contributed by atoms with Gasteiger partial charge in [-0.25, -0.2) is 4.39 Å². The Hall–Kier alpha value is -0.820. The number of ether oxygens (including phenoxy) is 1. The van der Waals surface area contributed by atoms with Crippen molar-refractivity contribution in [1.82, 2.24) is 0 Å². The van der Waals surface area contributed by atoms with E-state index in [-0.39, 0.29) is 0 Å². The minimum absolute atomic E-state index is 0.429. The zero-order valence-corrected chi connectivity index (χ0v) is 9.10. The third-order valence-electron chi connectivity index (χ3n) is 1.54. The maximum Gasteiger partial charge on any atom is 0.499 e. The first-order valence-corrected chi connectivity index (χ1v) is 4.58. The monoisotopic (exact) mass is 298 g/mol. The third-order valence-corrected chi connectivity index (χ3v) is 2.13. The molecule has 0 spiro atoms. The lowest BCUT2D eigenvalue weighted by molar-refractivity contribution is -0.360. The van der Waals surface area contributed by atoms with E-state index in [1.165, 1.54) is 0 Å². The molecule has 0 aromatic heterocycles. The second kappa shape index (κ2) is 4.45. The molecule has 0 aliphatic carbocycles. The summed E-state index contributed by atoms with van der Waals surface area (Å²) in [6.07, 6.45) is -11.4. The molecule has 0 aliphatic heterocycles. The molecular formula is C8H2Cl2F6O. The van der Waals surface area contributed by atoms with Gasteiger partial charge in [0.25, 0.3) is 0 Å². The summed E-state index contributed by atoms with van der Waals surface area (Å²) in [4.78, 5) is 0. The van der Waals surface area contributed by atoms with Crippen LogP contribution in [0.15, 0.2) is 12.1 Å². The number of alkyl halides is 5. The second-order valence-electron chi connectivity index (χ2n) is 2.81. The van der Waals surface area contributed by atoms with Gasteiger partial charge >= 0.3 is 12.3 Å². The highest BCUT2D eigenvalue weighted by atomic mass is 35.5. The molecule has 0 saturated heterocycles. The van der Waals surface area contributed by atoms with Crippen LogP contribution in [-0.2, 0) is 0 Å². The molecule has 0 aliphatic rings. The topological polar surface area (TPSA) is 9.23 Å². The fourth-order valence-corrected chi connectivity index (χ4v) is 1.12. The van der Waals surface area contributed by atoms with Gasteiger partial charge < -0.3 is 4.74 Å². The van der Waals surface area contributed by atoms with Crippen molar-refractivity contribution in [2.75, 3.05) is 0 Å². The van der Waals surface area contributed by atoms with Gasteiger partial charge in [0.15, 0.2) is 0 Å². The first kappa shape index (κ1) is 14.2. The van der Waals surface area contributed by atoms with Crippen LogP contribution in [0.5, 0.6) is 5.75 Å². The van der Waals surface area contributed by atoms with Gasteiger partial charge in [-0.05, 0) is 6.07 Å². The van der Waals surface area contributed by atoms with Crippen LogP contribution in [0.25, 0.3) is 0 Å². The van der Waals surface area contributed by atoms with Crippen LogP contribution in [-0.4, -0.2) is 12.3 Å². The fourth-order valence-electron chi connectivity index (χ4n) is 0.778. The Balaban J connectivity index is 3.08. The number of hydrogen-bond donors (Lipinski definition) is 0. The van der Waals surface area contributed by atoms with Crippen molar-refractivity contribution in [3.8, 4) is 5.75 Å². The van der Waals surface area contributed by atoms with Crippen LogP contribution < -0.4 is 4.74 Å². The Morgan fingerprint density at radius 2 is 1.47 bits per heavy atom. The van der Waals surface area contributed by atoms with Crippen LogP contribution >= 0.6 is 23.2 Å². The molecule has 1 rings (SSSR count). The molecule has 0 unspecified atom stereocenters. The summed E-state index contributed by atoms with van der Waals surface area (Å²) in [5, 5.41) is -1.45. The molecule has 0 bridgehead atoms. The van der Waals surface area contributed by atoms with Crippen LogP contribution in [0.2, 0.25) is 10.0 Å². The zero-order valence-electron chi connectivity index (χ0n) is 7.59. The molecule has 1 nitrogen and oxygen atoms in total. The minimum Gasteiger partial charge on any atom is -0.424 e. The number of rotatable bonds is 2. The molecule has 1 aromatic rings. The van der Waals surface area contributed by atoms with Gasteiger partial charge in [0.1, 0.15) is 11.6 Å². The summed E-state index contributed by atoms with van der Waals surface area (Å²) in [6.45, 7) is 0. The molecule has 0 saturated carbocycles. The van der Waals surface area contributed by atoms with Crippen molar-refractivity contribution < 1.29 is 31.1 Å². The lowest BCUT2D eigenvalue weighted by atomic mass is 10.3. The molecule has 1 aromatic carbocycles. The number of benzene rings is 1. The van der Waals surface area contributed by atoms with E-state index in [1.807, 2.05) is 0 Å². The molecular weight excluding hydrogens is 297 g/mol. The van der Waals surface area contributed by atoms with Gasteiger partial charge in [-0.15, -0.1) is 0 Å². The standard InChI is InChI=1S/C8H2Cl2F6O/c9-3-2-6(4(10)1-5(3)11)17-8(15,16)7(12,13)14/h1-2H. The Bertz CT molecular complexity index is 431. The third kappa shape index (κ3) is 3.10. The lowest BCUT2D eigenvalue weighted by Crippen LogP contribution is -2.41. The normalized spacial score (nSPS) is 12.7. The van der Waals surface area contributed by atoms with Crippen LogP contribution in [0.1, 0.15) is 0 Å². The van der Waals surface area contributed by atoms with E-state index in [1.54, 1.807) is 0 Å². The van der Waals surface area contributed by atoms with E-state index in [4.69, 9.17) is 23.2 Å². The molecule has 0 amide bonds. The van der Waals surface area contributed by atoms with Crippen molar-refractivity contribution in [3.63, 3.8) is 0 Å². The van der Waals surface area contributed by atoms with E-state index < -0.39 is 33.9 Å². The largest absolute Gasteiger partial charge is 0.499 e. The van der Waals surface area contributed by atoms with Gasteiger partial charge in [0, 0.05) is 6.07 Å². The van der Waals surface area contributed by atoms with Crippen LogP contribution in [0, 0.1) is 5.82 Å². The number of halogens is 8. The predicted molar refractivity (Wildman–Crippen MR) is 48.1 cm³/mol. The van der Waals surface area contributed by atoms with E-state index in [0.717, 1.165) is 0 Å². The van der Waals surface area contributed by atoms with Crippen molar-refractivity contribution in [1.29, 1.82) is 0 Å². The highest BCUT2D eigenvalue weighted by Crippen LogP contribution is 2.40. The minimum atomic E-state index is -5.92. The summed E-state index contributed by atoms with van der Waals surface area (Å²) in [5.74, 6) is -2.14. The van der Waals surface area contributed by atoms with E-state index in [9.17, 15) is 26.3 Å². The summed E-state index contributed by atoms with van der Waals surface area (Å²) < 4.78 is 76.5. The summed E-state index contributed by atoms with van der Waals surface area (Å²) in [7, 11) is 0. The molecule has 17 heavy (non-hydrogen) atoms. The van der Waals surface area contributed by atoms with Gasteiger partial charge in [-0.3, -0.25) is 0 Å². The Labute approximate surface area is 101 Å². The maximum absolute atomic E-state index is 12.7. The average Bonchev–Trinajstić information content (AvgIpc) is 2.12. The summed E-state index contributed by atoms with van der Waals surface area (Å²) >= 11 is 10.4. The van der Waals surface area contributed by atoms with Gasteiger partial charge in [0.2, 0.25) is 0 Å². The summed E-state index contributed by atoms with van der Waals surface area (Å²) in [5.41, 5.74) is 0. The van der Waals surface area contributed by atoms with Crippen molar-refractivity contribution in [3.05, 3.63) is 28.0 Å². The first-order valence-electron chi connectivity index (χ1n) is 3.82. The Morgan fingerprint density at radius 1 is 0.941 bits per heavy atom. The molecule has 96 valence electrons. The van der Waals surface area contributed by atoms with Gasteiger partial charge in [-0.2, -0.15) is 22.0 Å². The SMILES string of the molecule is Fc1cc(Cl)c(OC(F)(F)C(F)(F)F)cc1Cl. The Kier molecular flexibility index (Phi) is 3.73. The molecule has 0 radical (unpaired) electrons. The average molecular weight is 299 g/mol. The van der Waals surface area contributed by atoms with Gasteiger partial charge in [-0.1, -0.05) is 23.2 Å². The molecule has 0 heterocycles. The summed E-state index contributed by atoms with van der Waals surface area (Å²) in [6, 6.07) is 0.893. The molecule has 0 fully saturated rings.